The molecule has 1 aromatic rings. The van der Waals surface area contributed by atoms with Gasteiger partial charge < -0.3 is 34.3 Å². The first-order valence-electron chi connectivity index (χ1n) is 10.1. The van der Waals surface area contributed by atoms with E-state index in [0.717, 1.165) is 24.3 Å². The van der Waals surface area contributed by atoms with Crippen LogP contribution in [0.25, 0.3) is 0 Å². The van der Waals surface area contributed by atoms with E-state index in [2.05, 4.69) is 10.6 Å². The molecule has 186 valence electrons. The minimum absolute atomic E-state index is 0.395. The number of anilines is 1. The fourth-order valence-corrected chi connectivity index (χ4v) is 3.72. The Morgan fingerprint density at radius 2 is 1.41 bits per heavy atom. The van der Waals surface area contributed by atoms with Crippen LogP contribution in [0.3, 0.4) is 0 Å². The first-order chi connectivity index (χ1) is 16.0. The summed E-state index contributed by atoms with van der Waals surface area (Å²) >= 11 is 2.04. The van der Waals surface area contributed by atoms with Crippen LogP contribution in [-0.2, 0) is 42.9 Å². The van der Waals surface area contributed by atoms with E-state index in [-0.39, 0.29) is 0 Å². The Balaban J connectivity index is 2.37. The number of urea groups is 1. The van der Waals surface area contributed by atoms with Crippen molar-refractivity contribution in [2.24, 2.45) is 0 Å². The van der Waals surface area contributed by atoms with E-state index in [9.17, 15) is 24.0 Å². The number of ether oxygens (including phenoxy) is 5. The lowest BCUT2D eigenvalue weighted by Crippen LogP contribution is -2.66. The predicted octanol–water partition coefficient (Wildman–Crippen LogP) is 1.50. The van der Waals surface area contributed by atoms with Crippen LogP contribution in [0.1, 0.15) is 27.7 Å². The van der Waals surface area contributed by atoms with Crippen LogP contribution < -0.4 is 10.6 Å². The van der Waals surface area contributed by atoms with Crippen molar-refractivity contribution in [1.82, 2.24) is 5.32 Å². The number of amides is 2. The molecule has 1 saturated heterocycles. The Morgan fingerprint density at radius 3 is 1.97 bits per heavy atom. The lowest BCUT2D eigenvalue weighted by atomic mass is 9.97. The van der Waals surface area contributed by atoms with Crippen molar-refractivity contribution in [2.45, 2.75) is 58.3 Å². The van der Waals surface area contributed by atoms with E-state index in [1.165, 1.54) is 6.92 Å². The van der Waals surface area contributed by atoms with Crippen molar-refractivity contribution >= 4 is 58.2 Å². The summed E-state index contributed by atoms with van der Waals surface area (Å²) < 4.78 is 27.5. The highest BCUT2D eigenvalue weighted by Gasteiger charge is 2.52. The van der Waals surface area contributed by atoms with E-state index in [1.54, 1.807) is 24.3 Å². The minimum atomic E-state index is -1.39. The maximum absolute atomic E-state index is 12.7. The van der Waals surface area contributed by atoms with Gasteiger partial charge in [-0.15, -0.1) is 0 Å². The van der Waals surface area contributed by atoms with Gasteiger partial charge in [0.05, 0.1) is 5.69 Å². The van der Waals surface area contributed by atoms with Crippen molar-refractivity contribution in [3.63, 3.8) is 0 Å². The number of benzene rings is 1. The standard InChI is InChI=1S/C21H25IN2O10/c1-10(25)30-9-16-17(31-11(2)26)18(32-12(3)27)19(33-13(4)28)20(34-16)24-21(29)23-15-8-6-5-7-14(15)22/h5-8,16-20H,9H2,1-4H3,(H2,23,24,29). The van der Waals surface area contributed by atoms with E-state index in [4.69, 9.17) is 23.7 Å². The number of hydrogen-bond acceptors (Lipinski definition) is 10. The molecule has 1 aliphatic rings. The molecule has 2 amide bonds. The molecule has 5 atom stereocenters. The zero-order chi connectivity index (χ0) is 25.4. The molecule has 0 aliphatic carbocycles. The Bertz CT molecular complexity index is 940. The van der Waals surface area contributed by atoms with Crippen molar-refractivity contribution in [3.05, 3.63) is 27.8 Å². The quantitative estimate of drug-likeness (QED) is 0.270. The number of hydrogen-bond donors (Lipinski definition) is 2. The molecule has 2 N–H and O–H groups in total. The van der Waals surface area contributed by atoms with Gasteiger partial charge in [0.15, 0.2) is 24.5 Å². The highest BCUT2D eigenvalue weighted by molar-refractivity contribution is 14.1. The summed E-state index contributed by atoms with van der Waals surface area (Å²) in [5.74, 6) is -2.93. The Hall–Kier alpha value is -2.94. The molecule has 0 saturated carbocycles. The van der Waals surface area contributed by atoms with Crippen molar-refractivity contribution in [2.75, 3.05) is 11.9 Å². The van der Waals surface area contributed by atoms with Crippen LogP contribution in [0.4, 0.5) is 10.5 Å². The molecule has 1 fully saturated rings. The van der Waals surface area contributed by atoms with Gasteiger partial charge in [0.1, 0.15) is 12.7 Å². The predicted molar refractivity (Wildman–Crippen MR) is 123 cm³/mol. The van der Waals surface area contributed by atoms with E-state index >= 15 is 0 Å². The van der Waals surface area contributed by atoms with Crippen molar-refractivity contribution in [3.8, 4) is 0 Å². The molecule has 1 aromatic carbocycles. The summed E-state index contributed by atoms with van der Waals surface area (Å²) in [5.41, 5.74) is 0.506. The molecule has 0 bridgehead atoms. The maximum atomic E-state index is 12.7. The van der Waals surface area contributed by atoms with Gasteiger partial charge in [-0.1, -0.05) is 12.1 Å². The Kier molecular flexibility index (Phi) is 10.0. The summed E-state index contributed by atoms with van der Waals surface area (Å²) in [6, 6.07) is 6.26. The van der Waals surface area contributed by atoms with Crippen LogP contribution in [-0.4, -0.2) is 67.2 Å². The lowest BCUT2D eigenvalue weighted by Gasteiger charge is -2.44. The van der Waals surface area contributed by atoms with Gasteiger partial charge in [0, 0.05) is 31.3 Å². The molecule has 1 aliphatic heterocycles. The number of nitrogens with one attached hydrogen (secondary N) is 2. The van der Waals surface area contributed by atoms with Crippen LogP contribution in [0.15, 0.2) is 24.3 Å². The molecular weight excluding hydrogens is 567 g/mol. The summed E-state index contributed by atoms with van der Waals surface area (Å²) in [4.78, 5) is 59.4. The molecule has 0 radical (unpaired) electrons. The summed E-state index contributed by atoms with van der Waals surface area (Å²) in [6.07, 6.45) is -6.59. The van der Waals surface area contributed by atoms with Crippen molar-refractivity contribution < 1.29 is 47.7 Å². The molecule has 5 unspecified atom stereocenters. The first-order valence-corrected chi connectivity index (χ1v) is 11.2. The number of carbonyl (C=O) groups excluding carboxylic acids is 5. The van der Waals surface area contributed by atoms with E-state index in [0.29, 0.717) is 5.69 Å². The van der Waals surface area contributed by atoms with Gasteiger partial charge in [-0.25, -0.2) is 4.79 Å². The minimum Gasteiger partial charge on any atom is -0.463 e. The number of esters is 4. The molecule has 0 spiro atoms. The third-order valence-electron chi connectivity index (χ3n) is 4.39. The SMILES string of the molecule is CC(=O)OCC1OC(NC(=O)Nc2ccccc2I)C(OC(C)=O)C(OC(C)=O)C1OC(C)=O. The monoisotopic (exact) mass is 592 g/mol. The zero-order valence-electron chi connectivity index (χ0n) is 18.9. The molecule has 0 aromatic heterocycles. The molecule has 34 heavy (non-hydrogen) atoms. The third-order valence-corrected chi connectivity index (χ3v) is 5.33. The summed E-state index contributed by atoms with van der Waals surface area (Å²) in [5, 5.41) is 5.16. The van der Waals surface area contributed by atoms with Gasteiger partial charge in [0.2, 0.25) is 0 Å². The van der Waals surface area contributed by atoms with Crippen LogP contribution in [0, 0.1) is 3.57 Å². The van der Waals surface area contributed by atoms with Gasteiger partial charge in [0.25, 0.3) is 0 Å². The number of rotatable bonds is 7. The molecule has 13 heteroatoms. The number of halogens is 1. The van der Waals surface area contributed by atoms with Gasteiger partial charge in [-0.3, -0.25) is 19.2 Å². The Labute approximate surface area is 209 Å². The normalized spacial score (nSPS) is 23.7. The fourth-order valence-electron chi connectivity index (χ4n) is 3.19. The molecular formula is C21H25IN2O10. The zero-order valence-corrected chi connectivity index (χ0v) is 21.0. The molecule has 1 heterocycles. The molecule has 12 nitrogen and oxygen atoms in total. The smallest absolute Gasteiger partial charge is 0.321 e. The highest BCUT2D eigenvalue weighted by atomic mass is 127. The summed E-state index contributed by atoms with van der Waals surface area (Å²) in [7, 11) is 0. The van der Waals surface area contributed by atoms with Crippen LogP contribution >= 0.6 is 22.6 Å². The summed E-state index contributed by atoms with van der Waals surface area (Å²) in [6.45, 7) is 4.11. The molecule has 2 rings (SSSR count). The van der Waals surface area contributed by atoms with Gasteiger partial charge in [-0.05, 0) is 34.7 Å². The van der Waals surface area contributed by atoms with Gasteiger partial charge >= 0.3 is 29.9 Å². The topological polar surface area (TPSA) is 156 Å². The third kappa shape index (κ3) is 8.13. The Morgan fingerprint density at radius 1 is 0.853 bits per heavy atom. The second-order valence-electron chi connectivity index (χ2n) is 7.20. The van der Waals surface area contributed by atoms with Crippen molar-refractivity contribution in [1.29, 1.82) is 0 Å². The first kappa shape index (κ1) is 27.3. The van der Waals surface area contributed by atoms with E-state index in [1.807, 2.05) is 22.6 Å². The largest absolute Gasteiger partial charge is 0.463 e. The average molecular weight is 592 g/mol. The van der Waals surface area contributed by atoms with Crippen LogP contribution in [0.5, 0.6) is 0 Å². The lowest BCUT2D eigenvalue weighted by molar-refractivity contribution is -0.255. The van der Waals surface area contributed by atoms with E-state index < -0.39 is 67.2 Å². The maximum Gasteiger partial charge on any atom is 0.321 e. The number of carbonyl (C=O) groups is 5. The fraction of sp³-hybridized carbons (Fsp3) is 0.476. The van der Waals surface area contributed by atoms with Gasteiger partial charge in [-0.2, -0.15) is 0 Å². The van der Waals surface area contributed by atoms with Crippen LogP contribution in [0.2, 0.25) is 0 Å². The number of para-hydroxylation sites is 1. The second kappa shape index (κ2) is 12.5. The highest BCUT2D eigenvalue weighted by Crippen LogP contribution is 2.28. The second-order valence-corrected chi connectivity index (χ2v) is 8.36. The average Bonchev–Trinajstić information content (AvgIpc) is 2.71.